The number of allylic oxidation sites excluding steroid dienone is 1. The maximum Gasteiger partial charge on any atom is 0.338 e. The van der Waals surface area contributed by atoms with Crippen molar-refractivity contribution in [2.75, 3.05) is 26.6 Å². The number of nitrogens with zero attached hydrogens (tertiary/aromatic N) is 2. The molecule has 1 unspecified atom stereocenters. The van der Waals surface area contributed by atoms with E-state index in [1.807, 2.05) is 49.6 Å². The van der Waals surface area contributed by atoms with Crippen LogP contribution in [0.1, 0.15) is 37.9 Å². The molecule has 7 nitrogen and oxygen atoms in total. The van der Waals surface area contributed by atoms with E-state index in [1.165, 1.54) is 11.3 Å². The predicted octanol–water partition coefficient (Wildman–Crippen LogP) is 4.69. The standard InChI is InChI=1S/C27H27BrN2O5S2/c1-6-34-20-13-16(12-19(28)24(20)33-4)14-21-25(31)30-23(17-8-10-18(36-5)11-9-17)22(26(32)35-7-2)15(3)29-27(30)37-21/h8-14,23H,6-7H2,1-5H3/b21-14-. The number of hydrogen-bond donors (Lipinski definition) is 0. The fourth-order valence-electron chi connectivity index (χ4n) is 4.18. The summed E-state index contributed by atoms with van der Waals surface area (Å²) in [7, 11) is 1.58. The minimum Gasteiger partial charge on any atom is -0.492 e. The number of rotatable bonds is 8. The van der Waals surface area contributed by atoms with Crippen molar-refractivity contribution in [1.29, 1.82) is 0 Å². The van der Waals surface area contributed by atoms with Crippen molar-refractivity contribution in [2.45, 2.75) is 31.7 Å². The first-order chi connectivity index (χ1) is 17.8. The molecule has 1 aliphatic heterocycles. The zero-order valence-electron chi connectivity index (χ0n) is 21.2. The second-order valence-corrected chi connectivity index (χ2v) is 10.8. The molecule has 3 aromatic rings. The fraction of sp³-hybridized carbons (Fsp3) is 0.296. The molecule has 0 saturated carbocycles. The number of aromatic nitrogens is 1. The minimum absolute atomic E-state index is 0.229. The van der Waals surface area contributed by atoms with E-state index in [2.05, 4.69) is 20.9 Å². The Bertz CT molecular complexity index is 1540. The highest BCUT2D eigenvalue weighted by Gasteiger charge is 2.33. The number of halogens is 1. The minimum atomic E-state index is -0.644. The van der Waals surface area contributed by atoms with E-state index in [0.717, 1.165) is 16.0 Å². The van der Waals surface area contributed by atoms with E-state index in [-0.39, 0.29) is 12.2 Å². The van der Waals surface area contributed by atoms with Gasteiger partial charge in [-0.05, 0) is 84.4 Å². The highest BCUT2D eigenvalue weighted by Crippen LogP contribution is 2.37. The molecule has 0 saturated heterocycles. The second kappa shape index (κ2) is 11.7. The number of fused-ring (bicyclic) bond motifs is 1. The first-order valence-electron chi connectivity index (χ1n) is 11.7. The number of methoxy groups -OCH3 is 1. The molecular formula is C27H27BrN2O5S2. The maximum absolute atomic E-state index is 13.8. The van der Waals surface area contributed by atoms with Gasteiger partial charge in [0.1, 0.15) is 0 Å². The molecule has 0 radical (unpaired) electrons. The molecule has 2 aromatic carbocycles. The van der Waals surface area contributed by atoms with E-state index in [0.29, 0.717) is 43.2 Å². The van der Waals surface area contributed by atoms with Gasteiger partial charge in [0.25, 0.3) is 5.56 Å². The number of benzene rings is 2. The van der Waals surface area contributed by atoms with Crippen molar-refractivity contribution in [2.24, 2.45) is 4.99 Å². The average molecular weight is 604 g/mol. The van der Waals surface area contributed by atoms with Crippen LogP contribution in [-0.4, -0.2) is 37.1 Å². The van der Waals surface area contributed by atoms with Crippen molar-refractivity contribution >= 4 is 51.1 Å². The average Bonchev–Trinajstić information content (AvgIpc) is 3.17. The Hall–Kier alpha value is -2.82. The van der Waals surface area contributed by atoms with E-state index in [4.69, 9.17) is 14.2 Å². The number of thioether (sulfide) groups is 1. The van der Waals surface area contributed by atoms with Gasteiger partial charge in [-0.25, -0.2) is 9.79 Å². The van der Waals surface area contributed by atoms with Crippen LogP contribution in [0.3, 0.4) is 0 Å². The predicted molar refractivity (Wildman–Crippen MR) is 150 cm³/mol. The van der Waals surface area contributed by atoms with Crippen molar-refractivity contribution in [3.63, 3.8) is 0 Å². The lowest BCUT2D eigenvalue weighted by atomic mass is 9.96. The molecule has 0 fully saturated rings. The molecule has 0 bridgehead atoms. The monoisotopic (exact) mass is 602 g/mol. The Morgan fingerprint density at radius 2 is 1.95 bits per heavy atom. The molecule has 0 N–H and O–H groups in total. The summed E-state index contributed by atoms with van der Waals surface area (Å²) in [6, 6.07) is 10.9. The third-order valence-electron chi connectivity index (χ3n) is 5.78. The van der Waals surface area contributed by atoms with Crippen LogP contribution in [0.5, 0.6) is 11.5 Å². The van der Waals surface area contributed by atoms with Crippen LogP contribution in [0.25, 0.3) is 6.08 Å². The molecule has 0 amide bonds. The maximum atomic E-state index is 13.8. The van der Waals surface area contributed by atoms with Crippen LogP contribution in [0.15, 0.2) is 66.8 Å². The molecule has 37 heavy (non-hydrogen) atoms. The van der Waals surface area contributed by atoms with E-state index in [9.17, 15) is 9.59 Å². The number of ether oxygens (including phenoxy) is 3. The molecule has 4 rings (SSSR count). The van der Waals surface area contributed by atoms with Crippen LogP contribution in [-0.2, 0) is 9.53 Å². The highest BCUT2D eigenvalue weighted by atomic mass is 79.9. The molecule has 0 spiro atoms. The van der Waals surface area contributed by atoms with Gasteiger partial charge in [0.2, 0.25) is 0 Å². The van der Waals surface area contributed by atoms with Crippen LogP contribution in [0, 0.1) is 0 Å². The van der Waals surface area contributed by atoms with Crippen molar-refractivity contribution in [3.8, 4) is 11.5 Å². The first kappa shape index (κ1) is 27.2. The zero-order valence-corrected chi connectivity index (χ0v) is 24.4. The highest BCUT2D eigenvalue weighted by molar-refractivity contribution is 9.10. The second-order valence-electron chi connectivity index (χ2n) is 8.04. The lowest BCUT2D eigenvalue weighted by Gasteiger charge is -2.24. The number of hydrogen-bond acceptors (Lipinski definition) is 8. The summed E-state index contributed by atoms with van der Waals surface area (Å²) < 4.78 is 19.3. The summed E-state index contributed by atoms with van der Waals surface area (Å²) in [6.45, 7) is 6.13. The van der Waals surface area contributed by atoms with Gasteiger partial charge in [0.05, 0.1) is 46.6 Å². The van der Waals surface area contributed by atoms with E-state index in [1.54, 1.807) is 43.4 Å². The quantitative estimate of drug-likeness (QED) is 0.275. The summed E-state index contributed by atoms with van der Waals surface area (Å²) in [6.07, 6.45) is 3.80. The van der Waals surface area contributed by atoms with E-state index >= 15 is 0 Å². The van der Waals surface area contributed by atoms with Crippen molar-refractivity contribution < 1.29 is 19.0 Å². The Kier molecular flexibility index (Phi) is 8.61. The fourth-order valence-corrected chi connectivity index (χ4v) is 6.25. The molecule has 10 heteroatoms. The zero-order chi connectivity index (χ0) is 26.7. The molecule has 1 aromatic heterocycles. The Balaban J connectivity index is 1.92. The van der Waals surface area contributed by atoms with Gasteiger partial charge in [-0.15, -0.1) is 11.8 Å². The molecule has 194 valence electrons. The third kappa shape index (κ3) is 5.42. The van der Waals surface area contributed by atoms with Gasteiger partial charge in [-0.2, -0.15) is 0 Å². The van der Waals surface area contributed by atoms with Gasteiger partial charge in [-0.3, -0.25) is 9.36 Å². The number of carbonyl (C=O) groups excluding carboxylic acids is 1. The summed E-state index contributed by atoms with van der Waals surface area (Å²) in [5.41, 5.74) is 2.25. The van der Waals surface area contributed by atoms with Crippen LogP contribution < -0.4 is 24.4 Å². The molecule has 1 aliphatic rings. The smallest absolute Gasteiger partial charge is 0.338 e. The Morgan fingerprint density at radius 1 is 1.22 bits per heavy atom. The van der Waals surface area contributed by atoms with Gasteiger partial charge in [0.15, 0.2) is 16.3 Å². The Morgan fingerprint density at radius 3 is 2.57 bits per heavy atom. The molecular weight excluding hydrogens is 576 g/mol. The lowest BCUT2D eigenvalue weighted by molar-refractivity contribution is -0.139. The number of carbonyl (C=O) groups is 1. The summed E-state index contributed by atoms with van der Waals surface area (Å²) in [5.74, 6) is 0.687. The number of thiazole rings is 1. The SMILES string of the molecule is CCOC(=O)C1=C(C)N=c2s/c(=C\c3cc(Br)c(OC)c(OCC)c3)c(=O)n2C1c1ccc(SC)cc1. The van der Waals surface area contributed by atoms with Gasteiger partial charge in [0, 0.05) is 4.90 Å². The Labute approximate surface area is 231 Å². The molecule has 2 heterocycles. The topological polar surface area (TPSA) is 79.1 Å². The van der Waals surface area contributed by atoms with Crippen LogP contribution in [0.2, 0.25) is 0 Å². The molecule has 0 aliphatic carbocycles. The van der Waals surface area contributed by atoms with Gasteiger partial charge in [-0.1, -0.05) is 23.5 Å². The van der Waals surface area contributed by atoms with E-state index < -0.39 is 12.0 Å². The first-order valence-corrected chi connectivity index (χ1v) is 14.5. The van der Waals surface area contributed by atoms with Crippen LogP contribution >= 0.6 is 39.0 Å². The summed E-state index contributed by atoms with van der Waals surface area (Å²) in [5, 5.41) is 0. The largest absolute Gasteiger partial charge is 0.492 e. The van der Waals surface area contributed by atoms with Crippen molar-refractivity contribution in [1.82, 2.24) is 4.57 Å². The summed E-state index contributed by atoms with van der Waals surface area (Å²) in [4.78, 5) is 33.1. The van der Waals surface area contributed by atoms with Gasteiger partial charge < -0.3 is 14.2 Å². The lowest BCUT2D eigenvalue weighted by Crippen LogP contribution is -2.39. The molecule has 1 atom stereocenters. The third-order valence-corrected chi connectivity index (χ3v) is 8.10. The number of esters is 1. The van der Waals surface area contributed by atoms with Crippen LogP contribution in [0.4, 0.5) is 0 Å². The van der Waals surface area contributed by atoms with Gasteiger partial charge >= 0.3 is 5.97 Å². The normalized spacial score (nSPS) is 15.3. The van der Waals surface area contributed by atoms with Crippen molar-refractivity contribution in [3.05, 3.63) is 83.0 Å². The summed E-state index contributed by atoms with van der Waals surface area (Å²) >= 11 is 6.44.